The van der Waals surface area contributed by atoms with Crippen LogP contribution >= 0.6 is 27.5 Å². The Morgan fingerprint density at radius 1 is 1.22 bits per heavy atom. The molecule has 0 fully saturated rings. The Morgan fingerprint density at radius 3 is 2.62 bits per heavy atom. The highest BCUT2D eigenvalue weighted by Gasteiger charge is 2.17. The van der Waals surface area contributed by atoms with Gasteiger partial charge in [0.15, 0.2) is 11.5 Å². The Bertz CT molecular complexity index is 1210. The van der Waals surface area contributed by atoms with Crippen molar-refractivity contribution in [3.63, 3.8) is 0 Å². The van der Waals surface area contributed by atoms with Crippen LogP contribution in [0.5, 0.6) is 11.5 Å². The number of nitrogens with zero attached hydrogens (tertiary/aromatic N) is 3. The van der Waals surface area contributed by atoms with E-state index in [2.05, 4.69) is 28.0 Å². The monoisotopic (exact) mass is 519 g/mol. The van der Waals surface area contributed by atoms with E-state index in [0.717, 1.165) is 17.3 Å². The second-order valence-corrected chi connectivity index (χ2v) is 9.00. The van der Waals surface area contributed by atoms with Crippen molar-refractivity contribution in [1.29, 1.82) is 0 Å². The maximum atomic E-state index is 13.3. The predicted octanol–water partition coefficient (Wildman–Crippen LogP) is 6.39. The van der Waals surface area contributed by atoms with Gasteiger partial charge in [-0.25, -0.2) is 4.98 Å². The first-order valence-electron chi connectivity index (χ1n) is 10.6. The van der Waals surface area contributed by atoms with Gasteiger partial charge in [-0.3, -0.25) is 4.79 Å². The number of benzene rings is 2. The van der Waals surface area contributed by atoms with Gasteiger partial charge in [-0.2, -0.15) is 9.78 Å². The van der Waals surface area contributed by atoms with E-state index in [-0.39, 0.29) is 17.6 Å². The summed E-state index contributed by atoms with van der Waals surface area (Å²) in [6, 6.07) is 9.00. The molecule has 2 atom stereocenters. The first kappa shape index (κ1) is 24.3. The van der Waals surface area contributed by atoms with E-state index in [9.17, 15) is 4.79 Å². The molecule has 0 saturated heterocycles. The lowest BCUT2D eigenvalue weighted by atomic mass is 10.1. The number of hydrogen-bond acceptors (Lipinski definition) is 5. The molecule has 1 aromatic heterocycles. The van der Waals surface area contributed by atoms with Crippen molar-refractivity contribution >= 4 is 44.6 Å². The summed E-state index contributed by atoms with van der Waals surface area (Å²) in [4.78, 5) is 18.0. The van der Waals surface area contributed by atoms with Crippen LogP contribution in [0.25, 0.3) is 10.9 Å². The number of fused-ring (bicyclic) bond motifs is 1. The number of methoxy groups -OCH3 is 1. The van der Waals surface area contributed by atoms with Gasteiger partial charge >= 0.3 is 0 Å². The molecule has 3 rings (SSSR count). The summed E-state index contributed by atoms with van der Waals surface area (Å²) >= 11 is 9.90. The Kier molecular flexibility index (Phi) is 7.96. The zero-order chi connectivity index (χ0) is 23.4. The van der Waals surface area contributed by atoms with Gasteiger partial charge in [0.25, 0.3) is 5.56 Å². The van der Waals surface area contributed by atoms with Crippen LogP contribution < -0.4 is 15.0 Å². The molecule has 0 bridgehead atoms. The average molecular weight is 521 g/mol. The Balaban J connectivity index is 2.10. The molecule has 32 heavy (non-hydrogen) atoms. The van der Waals surface area contributed by atoms with Crippen molar-refractivity contribution < 1.29 is 9.47 Å². The third-order valence-corrected chi connectivity index (χ3v) is 6.13. The van der Waals surface area contributed by atoms with Gasteiger partial charge in [-0.1, -0.05) is 48.3 Å². The highest BCUT2D eigenvalue weighted by atomic mass is 79.9. The summed E-state index contributed by atoms with van der Waals surface area (Å²) in [5, 5.41) is 5.41. The minimum Gasteiger partial charge on any atom is -0.493 e. The largest absolute Gasteiger partial charge is 0.493 e. The van der Waals surface area contributed by atoms with Crippen LogP contribution in [0, 0.1) is 0 Å². The van der Waals surface area contributed by atoms with E-state index < -0.39 is 0 Å². The maximum absolute atomic E-state index is 13.3. The summed E-state index contributed by atoms with van der Waals surface area (Å²) in [5.74, 6) is 1.67. The quantitative estimate of drug-likeness (QED) is 0.323. The van der Waals surface area contributed by atoms with Gasteiger partial charge in [-0.15, -0.1) is 0 Å². The Morgan fingerprint density at radius 2 is 1.97 bits per heavy atom. The highest BCUT2D eigenvalue weighted by Crippen LogP contribution is 2.37. The van der Waals surface area contributed by atoms with Crippen molar-refractivity contribution in [3.05, 3.63) is 61.6 Å². The Labute approximate surface area is 201 Å². The van der Waals surface area contributed by atoms with Crippen LogP contribution in [0.2, 0.25) is 5.02 Å². The van der Waals surface area contributed by atoms with Crippen LogP contribution in [0.3, 0.4) is 0 Å². The summed E-state index contributed by atoms with van der Waals surface area (Å²) < 4.78 is 13.6. The van der Waals surface area contributed by atoms with Gasteiger partial charge in [0, 0.05) is 10.4 Å². The molecule has 8 heteroatoms. The molecule has 0 unspecified atom stereocenters. The van der Waals surface area contributed by atoms with Crippen LogP contribution in [-0.2, 0) is 0 Å². The number of ether oxygens (including phenoxy) is 2. The topological polar surface area (TPSA) is 65.7 Å². The second-order valence-electron chi connectivity index (χ2n) is 7.67. The molecule has 0 spiro atoms. The standard InChI is InChI=1S/C24H27BrClN3O3/c1-6-14(3)23-28-20-9-8-17(25)12-18(20)24(30)29(23)27-13-16-10-19(26)22(21(11-16)31-5)32-15(4)7-2/h8-15H,6-7H2,1-5H3/t14-,15-/m1/s1. The summed E-state index contributed by atoms with van der Waals surface area (Å²) in [7, 11) is 1.56. The van der Waals surface area contributed by atoms with Gasteiger partial charge in [0.05, 0.1) is 35.4 Å². The SMILES string of the molecule is CC[C@@H](C)Oc1c(Cl)cc(C=Nn2c([C@H](C)CC)nc3ccc(Br)cc3c2=O)cc1OC. The van der Waals surface area contributed by atoms with Gasteiger partial charge in [0.1, 0.15) is 5.82 Å². The zero-order valence-electron chi connectivity index (χ0n) is 18.9. The minimum atomic E-state index is -0.224. The Hall–Kier alpha value is -2.38. The summed E-state index contributed by atoms with van der Waals surface area (Å²) in [6.07, 6.45) is 3.25. The molecule has 0 radical (unpaired) electrons. The van der Waals surface area contributed by atoms with Crippen molar-refractivity contribution in [2.75, 3.05) is 7.11 Å². The van der Waals surface area contributed by atoms with Crippen molar-refractivity contribution in [2.45, 2.75) is 52.6 Å². The predicted molar refractivity (Wildman–Crippen MR) is 134 cm³/mol. The molecule has 0 amide bonds. The molecular weight excluding hydrogens is 494 g/mol. The molecule has 0 saturated carbocycles. The molecule has 6 nitrogen and oxygen atoms in total. The number of hydrogen-bond donors (Lipinski definition) is 0. The van der Waals surface area contributed by atoms with Crippen LogP contribution in [-0.4, -0.2) is 29.1 Å². The van der Waals surface area contributed by atoms with Crippen molar-refractivity contribution in [3.8, 4) is 11.5 Å². The maximum Gasteiger partial charge on any atom is 0.282 e. The molecule has 2 aromatic carbocycles. The average Bonchev–Trinajstić information content (AvgIpc) is 2.79. The smallest absolute Gasteiger partial charge is 0.282 e. The number of halogens is 2. The number of aromatic nitrogens is 2. The van der Waals surface area contributed by atoms with Gasteiger partial charge in [-0.05, 0) is 55.7 Å². The number of rotatable bonds is 8. The molecule has 0 aliphatic heterocycles. The lowest BCUT2D eigenvalue weighted by Crippen LogP contribution is -2.23. The molecule has 170 valence electrons. The van der Waals surface area contributed by atoms with E-state index in [1.165, 1.54) is 4.68 Å². The lowest BCUT2D eigenvalue weighted by Gasteiger charge is -2.17. The fourth-order valence-corrected chi connectivity index (χ4v) is 3.74. The molecule has 1 heterocycles. The molecule has 0 aliphatic carbocycles. The third-order valence-electron chi connectivity index (χ3n) is 5.35. The second kappa shape index (κ2) is 10.5. The molecule has 3 aromatic rings. The van der Waals surface area contributed by atoms with Gasteiger partial charge in [0.2, 0.25) is 0 Å². The summed E-state index contributed by atoms with van der Waals surface area (Å²) in [6.45, 7) is 8.09. The van der Waals surface area contributed by atoms with Crippen molar-refractivity contribution in [2.24, 2.45) is 5.10 Å². The highest BCUT2D eigenvalue weighted by molar-refractivity contribution is 9.10. The fourth-order valence-electron chi connectivity index (χ4n) is 3.12. The fraction of sp³-hybridized carbons (Fsp3) is 0.375. The summed E-state index contributed by atoms with van der Waals surface area (Å²) in [5.41, 5.74) is 1.11. The van der Waals surface area contributed by atoms with Gasteiger partial charge < -0.3 is 9.47 Å². The van der Waals surface area contributed by atoms with Crippen LogP contribution in [0.15, 0.2) is 44.7 Å². The third kappa shape index (κ3) is 5.15. The molecule has 0 aliphatic rings. The van der Waals surface area contributed by atoms with E-state index in [4.69, 9.17) is 26.1 Å². The van der Waals surface area contributed by atoms with Crippen LogP contribution in [0.4, 0.5) is 0 Å². The first-order valence-corrected chi connectivity index (χ1v) is 11.8. The lowest BCUT2D eigenvalue weighted by molar-refractivity contribution is 0.208. The minimum absolute atomic E-state index is 0.000539. The van der Waals surface area contributed by atoms with E-state index in [1.54, 1.807) is 31.5 Å². The van der Waals surface area contributed by atoms with Crippen molar-refractivity contribution in [1.82, 2.24) is 9.66 Å². The van der Waals surface area contributed by atoms with E-state index in [0.29, 0.717) is 38.8 Å². The zero-order valence-corrected chi connectivity index (χ0v) is 21.2. The van der Waals surface area contributed by atoms with E-state index >= 15 is 0 Å². The van der Waals surface area contributed by atoms with Crippen LogP contribution in [0.1, 0.15) is 57.8 Å². The molecular formula is C24H27BrClN3O3. The normalized spacial score (nSPS) is 13.5. The first-order chi connectivity index (χ1) is 15.3. The molecule has 0 N–H and O–H groups in total. The van der Waals surface area contributed by atoms with E-state index in [1.807, 2.05) is 32.9 Å².